The molecule has 27 heavy (non-hydrogen) atoms. The first-order chi connectivity index (χ1) is 12.8. The van der Waals surface area contributed by atoms with Gasteiger partial charge in [-0.15, -0.1) is 0 Å². The molecule has 10 heteroatoms. The van der Waals surface area contributed by atoms with E-state index in [2.05, 4.69) is 5.32 Å². The molecule has 2 rings (SSSR count). The Bertz CT molecular complexity index is 730. The molecule has 1 unspecified atom stereocenters. The topological polar surface area (TPSA) is 131 Å². The van der Waals surface area contributed by atoms with Crippen molar-refractivity contribution in [2.75, 3.05) is 25.0 Å². The molecular formula is C17H22N4O6. The van der Waals surface area contributed by atoms with Crippen LogP contribution in [-0.2, 0) is 14.3 Å². The number of piperidine rings is 1. The van der Waals surface area contributed by atoms with Crippen molar-refractivity contribution in [1.82, 2.24) is 10.6 Å². The first-order valence-corrected chi connectivity index (χ1v) is 8.55. The first kappa shape index (κ1) is 20.1. The number of hydrogen-bond acceptors (Lipinski definition) is 7. The number of ether oxygens (including phenoxy) is 1. The number of benzene rings is 1. The smallest absolute Gasteiger partial charge is 0.321 e. The predicted molar refractivity (Wildman–Crippen MR) is 96.2 cm³/mol. The molecule has 0 aliphatic carbocycles. The van der Waals surface area contributed by atoms with Crippen molar-refractivity contribution in [3.63, 3.8) is 0 Å². The minimum absolute atomic E-state index is 0.0259. The highest BCUT2D eigenvalue weighted by Gasteiger charge is 2.31. The van der Waals surface area contributed by atoms with Gasteiger partial charge in [-0.1, -0.05) is 12.1 Å². The molecule has 1 atom stereocenters. The zero-order valence-corrected chi connectivity index (χ0v) is 15.1. The Kier molecular flexibility index (Phi) is 6.69. The second-order valence-corrected chi connectivity index (χ2v) is 6.15. The van der Waals surface area contributed by atoms with Crippen molar-refractivity contribution in [3.8, 4) is 0 Å². The number of nitrogens with zero attached hydrogens (tertiary/aromatic N) is 2. The molecule has 0 aromatic heterocycles. The van der Waals surface area contributed by atoms with E-state index in [9.17, 15) is 24.5 Å². The second kappa shape index (κ2) is 8.97. The molecule has 1 aromatic carbocycles. The quantitative estimate of drug-likeness (QED) is 0.447. The minimum atomic E-state index is -1.09. The molecule has 2 N–H and O–H groups in total. The Hall–Kier alpha value is -3.17. The minimum Gasteiger partial charge on any atom is -0.452 e. The SMILES string of the molecule is CNC(=O)NC(=O)C(C)OC(=O)C1CCN(c2ccccc2[N+](=O)[O-])CC1. The molecule has 0 spiro atoms. The molecule has 146 valence electrons. The number of carbonyl (C=O) groups excluding carboxylic acids is 3. The van der Waals surface area contributed by atoms with Crippen LogP contribution in [0.3, 0.4) is 0 Å². The molecule has 0 bridgehead atoms. The van der Waals surface area contributed by atoms with E-state index in [0.717, 1.165) is 0 Å². The number of nitro groups is 1. The van der Waals surface area contributed by atoms with Crippen molar-refractivity contribution in [2.24, 2.45) is 5.92 Å². The number of nitro benzene ring substituents is 1. The molecule has 10 nitrogen and oxygen atoms in total. The van der Waals surface area contributed by atoms with Gasteiger partial charge in [-0.05, 0) is 25.8 Å². The lowest BCUT2D eigenvalue weighted by atomic mass is 9.96. The van der Waals surface area contributed by atoms with Gasteiger partial charge in [0.05, 0.1) is 10.8 Å². The molecule has 1 aliphatic rings. The molecule has 3 amide bonds. The maximum absolute atomic E-state index is 12.3. The molecular weight excluding hydrogens is 356 g/mol. The Morgan fingerprint density at radius 3 is 2.48 bits per heavy atom. The first-order valence-electron chi connectivity index (χ1n) is 8.55. The van der Waals surface area contributed by atoms with E-state index >= 15 is 0 Å². The summed E-state index contributed by atoms with van der Waals surface area (Å²) >= 11 is 0. The van der Waals surface area contributed by atoms with Crippen LogP contribution in [0.4, 0.5) is 16.2 Å². The Labute approximate surface area is 156 Å². The highest BCUT2D eigenvalue weighted by Crippen LogP contribution is 2.31. The summed E-state index contributed by atoms with van der Waals surface area (Å²) in [6, 6.07) is 5.79. The Morgan fingerprint density at radius 2 is 1.89 bits per heavy atom. The maximum atomic E-state index is 12.3. The highest BCUT2D eigenvalue weighted by atomic mass is 16.6. The third kappa shape index (κ3) is 5.16. The van der Waals surface area contributed by atoms with E-state index < -0.39 is 34.9 Å². The number of rotatable bonds is 5. The third-order valence-electron chi connectivity index (χ3n) is 4.37. The summed E-state index contributed by atoms with van der Waals surface area (Å²) in [5, 5.41) is 15.4. The summed E-state index contributed by atoms with van der Waals surface area (Å²) in [7, 11) is 1.37. The lowest BCUT2D eigenvalue weighted by Gasteiger charge is -2.32. The zero-order valence-electron chi connectivity index (χ0n) is 15.1. The molecule has 0 saturated carbocycles. The number of nitrogens with one attached hydrogen (secondary N) is 2. The fraction of sp³-hybridized carbons (Fsp3) is 0.471. The van der Waals surface area contributed by atoms with E-state index in [1.165, 1.54) is 20.0 Å². The van der Waals surface area contributed by atoms with Gasteiger partial charge in [-0.3, -0.25) is 25.0 Å². The molecule has 0 radical (unpaired) electrons. The van der Waals surface area contributed by atoms with E-state index in [4.69, 9.17) is 4.74 Å². The van der Waals surface area contributed by atoms with Crippen molar-refractivity contribution in [2.45, 2.75) is 25.9 Å². The fourth-order valence-electron chi connectivity index (χ4n) is 2.84. The number of anilines is 1. The maximum Gasteiger partial charge on any atom is 0.321 e. The number of esters is 1. The summed E-state index contributed by atoms with van der Waals surface area (Å²) in [6.45, 7) is 2.31. The number of urea groups is 1. The molecule has 1 saturated heterocycles. The number of imide groups is 1. The lowest BCUT2D eigenvalue weighted by Crippen LogP contribution is -2.44. The van der Waals surface area contributed by atoms with Crippen molar-refractivity contribution in [1.29, 1.82) is 0 Å². The number of hydrogen-bond donors (Lipinski definition) is 2. The van der Waals surface area contributed by atoms with Gasteiger partial charge in [0, 0.05) is 26.2 Å². The average Bonchev–Trinajstić information content (AvgIpc) is 2.67. The second-order valence-electron chi connectivity index (χ2n) is 6.15. The highest BCUT2D eigenvalue weighted by molar-refractivity contribution is 5.97. The van der Waals surface area contributed by atoms with Gasteiger partial charge < -0.3 is 15.0 Å². The summed E-state index contributed by atoms with van der Waals surface area (Å²) in [6.07, 6.45) is -0.188. The van der Waals surface area contributed by atoms with Crippen LogP contribution in [0.25, 0.3) is 0 Å². The van der Waals surface area contributed by atoms with Gasteiger partial charge in [0.2, 0.25) is 0 Å². The summed E-state index contributed by atoms with van der Waals surface area (Å²) in [5.41, 5.74) is 0.547. The zero-order chi connectivity index (χ0) is 20.0. The van der Waals surface area contributed by atoms with Crippen molar-refractivity contribution < 1.29 is 24.0 Å². The van der Waals surface area contributed by atoms with E-state index in [0.29, 0.717) is 31.6 Å². The average molecular weight is 378 g/mol. The number of para-hydroxylation sites is 2. The van der Waals surface area contributed by atoms with Gasteiger partial charge in [0.15, 0.2) is 6.10 Å². The van der Waals surface area contributed by atoms with Crippen LogP contribution in [0.15, 0.2) is 24.3 Å². The standard InChI is InChI=1S/C17H22N4O6/c1-11(15(22)19-17(24)18-2)27-16(23)12-7-9-20(10-8-12)13-5-3-4-6-14(13)21(25)26/h3-6,11-12H,7-10H2,1-2H3,(H2,18,19,22,24). The van der Waals surface area contributed by atoms with E-state index in [1.54, 1.807) is 18.2 Å². The lowest BCUT2D eigenvalue weighted by molar-refractivity contribution is -0.384. The van der Waals surface area contributed by atoms with Gasteiger partial charge in [-0.2, -0.15) is 0 Å². The molecule has 1 heterocycles. The molecule has 1 fully saturated rings. The van der Waals surface area contributed by atoms with Gasteiger partial charge in [0.1, 0.15) is 5.69 Å². The third-order valence-corrected chi connectivity index (χ3v) is 4.37. The van der Waals surface area contributed by atoms with Gasteiger partial charge >= 0.3 is 12.0 Å². The molecule has 1 aromatic rings. The number of amides is 3. The van der Waals surface area contributed by atoms with Crippen LogP contribution in [0.1, 0.15) is 19.8 Å². The summed E-state index contributed by atoms with van der Waals surface area (Å²) in [5.74, 6) is -1.63. The largest absolute Gasteiger partial charge is 0.452 e. The summed E-state index contributed by atoms with van der Waals surface area (Å²) in [4.78, 5) is 47.7. The summed E-state index contributed by atoms with van der Waals surface area (Å²) < 4.78 is 5.14. The van der Waals surface area contributed by atoms with Crippen LogP contribution in [0.5, 0.6) is 0 Å². The van der Waals surface area contributed by atoms with Gasteiger partial charge in [-0.25, -0.2) is 4.79 Å². The monoisotopic (exact) mass is 378 g/mol. The van der Waals surface area contributed by atoms with E-state index in [-0.39, 0.29) is 5.69 Å². The fourth-order valence-corrected chi connectivity index (χ4v) is 2.84. The van der Waals surface area contributed by atoms with Crippen LogP contribution >= 0.6 is 0 Å². The predicted octanol–water partition coefficient (Wildman–Crippen LogP) is 1.20. The van der Waals surface area contributed by atoms with Crippen molar-refractivity contribution >= 4 is 29.3 Å². The van der Waals surface area contributed by atoms with E-state index in [1.807, 2.05) is 10.2 Å². The normalized spacial score (nSPS) is 15.6. The molecule has 1 aliphatic heterocycles. The van der Waals surface area contributed by atoms with Crippen LogP contribution in [0.2, 0.25) is 0 Å². The van der Waals surface area contributed by atoms with Gasteiger partial charge in [0.25, 0.3) is 11.6 Å². The van der Waals surface area contributed by atoms with Crippen LogP contribution in [-0.4, -0.2) is 49.1 Å². The van der Waals surface area contributed by atoms with Crippen LogP contribution in [0, 0.1) is 16.0 Å². The van der Waals surface area contributed by atoms with Crippen LogP contribution < -0.4 is 15.5 Å². The van der Waals surface area contributed by atoms with Crippen molar-refractivity contribution in [3.05, 3.63) is 34.4 Å². The Balaban J connectivity index is 1.90. The Morgan fingerprint density at radius 1 is 1.26 bits per heavy atom. The number of carbonyl (C=O) groups is 3.